The number of nitrogens with two attached hydrogens (primary N) is 1. The SMILES string of the molecule is CCOC(=O)/C(C)=C(\C)N. The minimum atomic E-state index is -0.331. The third-order valence-electron chi connectivity index (χ3n) is 1.17. The van der Waals surface area contributed by atoms with Crippen molar-refractivity contribution in [2.24, 2.45) is 5.73 Å². The van der Waals surface area contributed by atoms with Gasteiger partial charge in [0, 0.05) is 5.70 Å². The van der Waals surface area contributed by atoms with E-state index in [1.54, 1.807) is 20.8 Å². The summed E-state index contributed by atoms with van der Waals surface area (Å²) in [7, 11) is 0. The maximum atomic E-state index is 10.8. The van der Waals surface area contributed by atoms with Gasteiger partial charge in [0.25, 0.3) is 0 Å². The van der Waals surface area contributed by atoms with Crippen LogP contribution in [-0.2, 0) is 9.53 Å². The van der Waals surface area contributed by atoms with Crippen molar-refractivity contribution in [1.82, 2.24) is 0 Å². The third kappa shape index (κ3) is 2.53. The zero-order valence-corrected chi connectivity index (χ0v) is 6.60. The van der Waals surface area contributed by atoms with Crippen LogP contribution in [0.5, 0.6) is 0 Å². The Morgan fingerprint density at radius 2 is 2.00 bits per heavy atom. The molecule has 58 valence electrons. The lowest BCUT2D eigenvalue weighted by molar-refractivity contribution is -0.138. The molecule has 2 N–H and O–H groups in total. The van der Waals surface area contributed by atoms with Gasteiger partial charge >= 0.3 is 5.97 Å². The molecule has 3 nitrogen and oxygen atoms in total. The number of allylic oxidation sites excluding steroid dienone is 1. The van der Waals surface area contributed by atoms with Crippen LogP contribution in [0, 0.1) is 0 Å². The Balaban J connectivity index is 4.09. The van der Waals surface area contributed by atoms with E-state index in [1.165, 1.54) is 0 Å². The van der Waals surface area contributed by atoms with Crippen LogP contribution in [0.25, 0.3) is 0 Å². The summed E-state index contributed by atoms with van der Waals surface area (Å²) in [5.74, 6) is -0.331. The first-order valence-electron chi connectivity index (χ1n) is 3.19. The number of carbonyl (C=O) groups excluding carboxylic acids is 1. The molecule has 0 unspecified atom stereocenters. The Morgan fingerprint density at radius 1 is 1.50 bits per heavy atom. The van der Waals surface area contributed by atoms with Gasteiger partial charge in [0.2, 0.25) is 0 Å². The van der Waals surface area contributed by atoms with Gasteiger partial charge in [-0.2, -0.15) is 0 Å². The van der Waals surface area contributed by atoms with Crippen LogP contribution in [-0.4, -0.2) is 12.6 Å². The summed E-state index contributed by atoms with van der Waals surface area (Å²) in [6, 6.07) is 0. The van der Waals surface area contributed by atoms with Gasteiger partial charge in [-0.05, 0) is 20.8 Å². The second kappa shape index (κ2) is 3.93. The van der Waals surface area contributed by atoms with Crippen molar-refractivity contribution in [2.45, 2.75) is 20.8 Å². The number of ether oxygens (including phenoxy) is 1. The average molecular weight is 143 g/mol. The molecule has 0 rings (SSSR count). The first-order valence-corrected chi connectivity index (χ1v) is 3.19. The van der Waals surface area contributed by atoms with Gasteiger partial charge in [-0.15, -0.1) is 0 Å². The molecule has 10 heavy (non-hydrogen) atoms. The van der Waals surface area contributed by atoms with Crippen molar-refractivity contribution in [3.05, 3.63) is 11.3 Å². The van der Waals surface area contributed by atoms with Crippen molar-refractivity contribution in [2.75, 3.05) is 6.61 Å². The highest BCUT2D eigenvalue weighted by Crippen LogP contribution is 1.98. The zero-order valence-electron chi connectivity index (χ0n) is 6.60. The Kier molecular flexibility index (Phi) is 3.54. The molecular formula is C7H13NO2. The third-order valence-corrected chi connectivity index (χ3v) is 1.17. The van der Waals surface area contributed by atoms with Crippen molar-refractivity contribution < 1.29 is 9.53 Å². The highest BCUT2D eigenvalue weighted by Gasteiger charge is 2.05. The topological polar surface area (TPSA) is 52.3 Å². The first kappa shape index (κ1) is 9.01. The molecule has 0 atom stereocenters. The van der Waals surface area contributed by atoms with Crippen molar-refractivity contribution >= 4 is 5.97 Å². The molecule has 0 aromatic carbocycles. The Labute approximate surface area is 60.9 Å². The van der Waals surface area contributed by atoms with Gasteiger partial charge in [-0.1, -0.05) is 0 Å². The summed E-state index contributed by atoms with van der Waals surface area (Å²) < 4.78 is 4.69. The van der Waals surface area contributed by atoms with Gasteiger partial charge in [0.1, 0.15) is 0 Å². The van der Waals surface area contributed by atoms with Crippen molar-refractivity contribution in [1.29, 1.82) is 0 Å². The number of hydrogen-bond acceptors (Lipinski definition) is 3. The van der Waals surface area contributed by atoms with Gasteiger partial charge in [-0.25, -0.2) is 4.79 Å². The summed E-state index contributed by atoms with van der Waals surface area (Å²) in [5.41, 5.74) is 6.35. The Hall–Kier alpha value is -0.990. The summed E-state index contributed by atoms with van der Waals surface area (Å²) in [6.45, 7) is 5.47. The average Bonchev–Trinajstić information content (AvgIpc) is 1.87. The fourth-order valence-electron chi connectivity index (χ4n) is 0.400. The van der Waals surface area contributed by atoms with E-state index in [1.807, 2.05) is 0 Å². The molecule has 0 aromatic rings. The minimum absolute atomic E-state index is 0.331. The van der Waals surface area contributed by atoms with Crippen LogP contribution >= 0.6 is 0 Å². The van der Waals surface area contributed by atoms with Gasteiger partial charge in [0.15, 0.2) is 0 Å². The van der Waals surface area contributed by atoms with Gasteiger partial charge in [0.05, 0.1) is 12.2 Å². The second-order valence-electron chi connectivity index (χ2n) is 2.03. The van der Waals surface area contributed by atoms with Gasteiger partial charge in [-0.3, -0.25) is 0 Å². The Bertz CT molecular complexity index is 157. The van der Waals surface area contributed by atoms with E-state index < -0.39 is 0 Å². The van der Waals surface area contributed by atoms with E-state index in [0.29, 0.717) is 17.9 Å². The predicted octanol–water partition coefficient (Wildman–Crippen LogP) is 0.802. The molecule has 0 aliphatic rings. The largest absolute Gasteiger partial charge is 0.463 e. The van der Waals surface area contributed by atoms with E-state index in [9.17, 15) is 4.79 Å². The second-order valence-corrected chi connectivity index (χ2v) is 2.03. The van der Waals surface area contributed by atoms with E-state index in [2.05, 4.69) is 4.74 Å². The molecule has 0 saturated carbocycles. The van der Waals surface area contributed by atoms with Crippen LogP contribution in [0.3, 0.4) is 0 Å². The molecule has 0 spiro atoms. The molecule has 0 fully saturated rings. The molecule has 3 heteroatoms. The highest BCUT2D eigenvalue weighted by atomic mass is 16.5. The number of esters is 1. The van der Waals surface area contributed by atoms with Crippen molar-refractivity contribution in [3.8, 4) is 0 Å². The lowest BCUT2D eigenvalue weighted by atomic mass is 10.2. The highest BCUT2D eigenvalue weighted by molar-refractivity contribution is 5.88. The molecule has 0 amide bonds. The maximum Gasteiger partial charge on any atom is 0.335 e. The molecule has 0 saturated heterocycles. The maximum absolute atomic E-state index is 10.8. The fourth-order valence-corrected chi connectivity index (χ4v) is 0.400. The van der Waals surface area contributed by atoms with Crippen LogP contribution in [0.2, 0.25) is 0 Å². The van der Waals surface area contributed by atoms with Crippen LogP contribution in [0.15, 0.2) is 11.3 Å². The standard InChI is InChI=1S/C7H13NO2/c1-4-10-7(9)5(2)6(3)8/h4,8H2,1-3H3/b6-5+. The molecule has 0 aliphatic heterocycles. The predicted molar refractivity (Wildman–Crippen MR) is 39.2 cm³/mol. The zero-order chi connectivity index (χ0) is 8.15. The quantitative estimate of drug-likeness (QED) is 0.459. The molecule has 0 heterocycles. The lowest BCUT2D eigenvalue weighted by Crippen LogP contribution is -2.09. The van der Waals surface area contributed by atoms with E-state index in [4.69, 9.17) is 5.73 Å². The fraction of sp³-hybridized carbons (Fsp3) is 0.571. The minimum Gasteiger partial charge on any atom is -0.463 e. The van der Waals surface area contributed by atoms with Crippen LogP contribution in [0.1, 0.15) is 20.8 Å². The summed E-state index contributed by atoms with van der Waals surface area (Å²) in [5, 5.41) is 0. The molecular weight excluding hydrogens is 130 g/mol. The molecule has 0 aromatic heterocycles. The summed E-state index contributed by atoms with van der Waals surface area (Å²) >= 11 is 0. The van der Waals surface area contributed by atoms with Crippen LogP contribution < -0.4 is 5.73 Å². The molecule has 0 aliphatic carbocycles. The number of hydrogen-bond donors (Lipinski definition) is 1. The van der Waals surface area contributed by atoms with E-state index in [-0.39, 0.29) is 5.97 Å². The monoisotopic (exact) mass is 143 g/mol. The lowest BCUT2D eigenvalue weighted by Gasteiger charge is -2.01. The Morgan fingerprint density at radius 3 is 2.30 bits per heavy atom. The first-order chi connectivity index (χ1) is 4.59. The van der Waals surface area contributed by atoms with E-state index in [0.717, 1.165) is 0 Å². The molecule has 0 radical (unpaired) electrons. The van der Waals surface area contributed by atoms with Crippen molar-refractivity contribution in [3.63, 3.8) is 0 Å². The smallest absolute Gasteiger partial charge is 0.335 e. The normalized spacial score (nSPS) is 12.3. The number of rotatable bonds is 2. The van der Waals surface area contributed by atoms with E-state index >= 15 is 0 Å². The summed E-state index contributed by atoms with van der Waals surface area (Å²) in [4.78, 5) is 10.8. The van der Waals surface area contributed by atoms with Crippen LogP contribution in [0.4, 0.5) is 0 Å². The molecule has 0 bridgehead atoms. The van der Waals surface area contributed by atoms with Gasteiger partial charge < -0.3 is 10.5 Å². The summed E-state index contributed by atoms with van der Waals surface area (Å²) in [6.07, 6.45) is 0. The number of carbonyl (C=O) groups is 1.